The first kappa shape index (κ1) is 9.47. The quantitative estimate of drug-likeness (QED) is 0.711. The highest BCUT2D eigenvalue weighted by atomic mass is 14.9. The number of benzene rings is 1. The molecular formula is C14H14N2. The Hall–Kier alpha value is -1.75. The van der Waals surface area contributed by atoms with Gasteiger partial charge in [-0.1, -0.05) is 18.2 Å². The summed E-state index contributed by atoms with van der Waals surface area (Å²) in [5.41, 5.74) is 2.24. The second kappa shape index (κ2) is 3.12. The average Bonchev–Trinajstić information content (AvgIpc) is 2.58. The first-order chi connectivity index (χ1) is 7.77. The molecule has 0 aliphatic heterocycles. The third kappa shape index (κ3) is 1.06. The maximum absolute atomic E-state index is 9.40. The maximum atomic E-state index is 9.40. The molecule has 2 nitrogen and oxygen atoms in total. The molecule has 0 spiro atoms. The van der Waals surface area contributed by atoms with Crippen LogP contribution in [0.25, 0.3) is 10.9 Å². The topological polar surface area (TPSA) is 28.7 Å². The minimum atomic E-state index is -0.207. The van der Waals surface area contributed by atoms with Gasteiger partial charge in [0.1, 0.15) is 0 Å². The van der Waals surface area contributed by atoms with Crippen molar-refractivity contribution < 1.29 is 0 Å². The van der Waals surface area contributed by atoms with Crippen LogP contribution in [0.3, 0.4) is 0 Å². The second-order valence-electron chi connectivity index (χ2n) is 4.72. The van der Waals surface area contributed by atoms with Crippen LogP contribution in [-0.2, 0) is 12.5 Å². The largest absolute Gasteiger partial charge is 0.350 e. The summed E-state index contributed by atoms with van der Waals surface area (Å²) in [5.74, 6) is 0. The highest BCUT2D eigenvalue weighted by Crippen LogP contribution is 2.45. The SMILES string of the molecule is Cn1cc(C2(C#N)CCC2)c2ccccc21. The predicted octanol–water partition coefficient (Wildman–Crippen LogP) is 3.12. The fourth-order valence-electron chi connectivity index (χ4n) is 2.69. The number of hydrogen-bond donors (Lipinski definition) is 0. The van der Waals surface area contributed by atoms with Crippen molar-refractivity contribution in [3.63, 3.8) is 0 Å². The summed E-state index contributed by atoms with van der Waals surface area (Å²) in [5, 5.41) is 10.6. The van der Waals surface area contributed by atoms with Crippen LogP contribution < -0.4 is 0 Å². The van der Waals surface area contributed by atoms with Gasteiger partial charge in [0, 0.05) is 24.1 Å². The number of fused-ring (bicyclic) bond motifs is 1. The van der Waals surface area contributed by atoms with Crippen molar-refractivity contribution >= 4 is 10.9 Å². The maximum Gasteiger partial charge on any atom is 0.0843 e. The molecule has 0 atom stereocenters. The Bertz CT molecular complexity index is 582. The highest BCUT2D eigenvalue weighted by molar-refractivity contribution is 5.85. The van der Waals surface area contributed by atoms with Gasteiger partial charge in [0.25, 0.3) is 0 Å². The zero-order valence-corrected chi connectivity index (χ0v) is 9.40. The Morgan fingerprint density at radius 1 is 1.31 bits per heavy atom. The molecule has 1 aliphatic carbocycles. The summed E-state index contributed by atoms with van der Waals surface area (Å²) >= 11 is 0. The molecule has 0 N–H and O–H groups in total. The van der Waals surface area contributed by atoms with Crippen LogP contribution in [0.4, 0.5) is 0 Å². The molecule has 1 aliphatic rings. The first-order valence-electron chi connectivity index (χ1n) is 5.73. The lowest BCUT2D eigenvalue weighted by Crippen LogP contribution is -2.32. The molecule has 0 amide bonds. The molecule has 0 radical (unpaired) electrons. The molecule has 3 rings (SSSR count). The molecule has 1 fully saturated rings. The van der Waals surface area contributed by atoms with E-state index in [1.807, 2.05) is 6.07 Å². The van der Waals surface area contributed by atoms with Crippen molar-refractivity contribution in [3.8, 4) is 6.07 Å². The molecule has 16 heavy (non-hydrogen) atoms. The monoisotopic (exact) mass is 210 g/mol. The summed E-state index contributed by atoms with van der Waals surface area (Å²) in [6.45, 7) is 0. The molecule has 1 aromatic carbocycles. The molecule has 1 heterocycles. The Balaban J connectivity index is 2.29. The van der Waals surface area contributed by atoms with Gasteiger partial charge in [-0.15, -0.1) is 0 Å². The van der Waals surface area contributed by atoms with E-state index in [9.17, 15) is 5.26 Å². The van der Waals surface area contributed by atoms with Gasteiger partial charge < -0.3 is 4.57 Å². The van der Waals surface area contributed by atoms with Crippen molar-refractivity contribution in [1.82, 2.24) is 4.57 Å². The molecule has 1 saturated carbocycles. The summed E-state index contributed by atoms with van der Waals surface area (Å²) in [7, 11) is 2.05. The van der Waals surface area contributed by atoms with Gasteiger partial charge >= 0.3 is 0 Å². The van der Waals surface area contributed by atoms with E-state index in [4.69, 9.17) is 0 Å². The smallest absolute Gasteiger partial charge is 0.0843 e. The van der Waals surface area contributed by atoms with Crippen LogP contribution in [0.5, 0.6) is 0 Å². The fourth-order valence-corrected chi connectivity index (χ4v) is 2.69. The lowest BCUT2D eigenvalue weighted by Gasteiger charge is -2.35. The van der Waals surface area contributed by atoms with Gasteiger partial charge in [-0.2, -0.15) is 5.26 Å². The minimum Gasteiger partial charge on any atom is -0.350 e. The molecule has 1 aromatic heterocycles. The summed E-state index contributed by atoms with van der Waals surface area (Å²) in [6, 6.07) is 10.9. The van der Waals surface area contributed by atoms with E-state index in [1.54, 1.807) is 0 Å². The molecule has 2 heteroatoms. The number of para-hydroxylation sites is 1. The number of aromatic nitrogens is 1. The van der Waals surface area contributed by atoms with E-state index in [0.717, 1.165) is 12.8 Å². The van der Waals surface area contributed by atoms with Gasteiger partial charge in [0.15, 0.2) is 0 Å². The van der Waals surface area contributed by atoms with Crippen molar-refractivity contribution in [2.75, 3.05) is 0 Å². The highest BCUT2D eigenvalue weighted by Gasteiger charge is 2.40. The fraction of sp³-hybridized carbons (Fsp3) is 0.357. The van der Waals surface area contributed by atoms with E-state index < -0.39 is 0 Å². The normalized spacial score (nSPS) is 18.0. The minimum absolute atomic E-state index is 0.207. The molecule has 2 aromatic rings. The van der Waals surface area contributed by atoms with E-state index in [0.29, 0.717) is 0 Å². The van der Waals surface area contributed by atoms with E-state index in [2.05, 4.69) is 42.1 Å². The third-order valence-electron chi connectivity index (χ3n) is 3.83. The van der Waals surface area contributed by atoms with Crippen LogP contribution in [0, 0.1) is 11.3 Å². The van der Waals surface area contributed by atoms with E-state index in [-0.39, 0.29) is 5.41 Å². The Morgan fingerprint density at radius 2 is 2.06 bits per heavy atom. The van der Waals surface area contributed by atoms with Crippen LogP contribution in [0.2, 0.25) is 0 Å². The van der Waals surface area contributed by atoms with Crippen molar-refractivity contribution in [2.24, 2.45) is 7.05 Å². The Labute approximate surface area is 95.1 Å². The van der Waals surface area contributed by atoms with Crippen molar-refractivity contribution in [1.29, 1.82) is 5.26 Å². The van der Waals surface area contributed by atoms with E-state index in [1.165, 1.54) is 22.9 Å². The third-order valence-corrected chi connectivity index (χ3v) is 3.83. The lowest BCUT2D eigenvalue weighted by molar-refractivity contribution is 0.326. The standard InChI is InChI=1S/C14H14N2/c1-16-9-12(14(10-15)7-4-8-14)11-5-2-3-6-13(11)16/h2-3,5-6,9H,4,7-8H2,1H3. The van der Waals surface area contributed by atoms with Gasteiger partial charge in [-0.25, -0.2) is 0 Å². The predicted molar refractivity (Wildman–Crippen MR) is 64.1 cm³/mol. The summed E-state index contributed by atoms with van der Waals surface area (Å²) in [6.07, 6.45) is 5.33. The molecule has 80 valence electrons. The van der Waals surface area contributed by atoms with Crippen LogP contribution in [-0.4, -0.2) is 4.57 Å². The lowest BCUT2D eigenvalue weighted by atomic mass is 9.65. The molecular weight excluding hydrogens is 196 g/mol. The van der Waals surface area contributed by atoms with Gasteiger partial charge in [-0.3, -0.25) is 0 Å². The Morgan fingerprint density at radius 3 is 2.69 bits per heavy atom. The van der Waals surface area contributed by atoms with Crippen molar-refractivity contribution in [2.45, 2.75) is 24.7 Å². The number of hydrogen-bond acceptors (Lipinski definition) is 1. The van der Waals surface area contributed by atoms with Crippen molar-refractivity contribution in [3.05, 3.63) is 36.0 Å². The second-order valence-corrected chi connectivity index (χ2v) is 4.72. The van der Waals surface area contributed by atoms with Gasteiger partial charge in [0.05, 0.1) is 11.5 Å². The number of nitrogens with zero attached hydrogens (tertiary/aromatic N) is 2. The van der Waals surface area contributed by atoms with Gasteiger partial charge in [0.2, 0.25) is 0 Å². The number of aryl methyl sites for hydroxylation is 1. The molecule has 0 unspecified atom stereocenters. The molecule has 0 saturated heterocycles. The van der Waals surface area contributed by atoms with E-state index >= 15 is 0 Å². The molecule has 0 bridgehead atoms. The number of rotatable bonds is 1. The van der Waals surface area contributed by atoms with Crippen LogP contribution in [0.15, 0.2) is 30.5 Å². The summed E-state index contributed by atoms with van der Waals surface area (Å²) < 4.78 is 2.13. The van der Waals surface area contributed by atoms with Crippen LogP contribution >= 0.6 is 0 Å². The Kier molecular flexibility index (Phi) is 1.85. The zero-order valence-electron chi connectivity index (χ0n) is 9.40. The van der Waals surface area contributed by atoms with Gasteiger partial charge in [-0.05, 0) is 30.9 Å². The number of nitriles is 1. The zero-order chi connectivity index (χ0) is 11.2. The average molecular weight is 210 g/mol. The summed E-state index contributed by atoms with van der Waals surface area (Å²) in [4.78, 5) is 0. The first-order valence-corrected chi connectivity index (χ1v) is 5.73. The van der Waals surface area contributed by atoms with Crippen LogP contribution in [0.1, 0.15) is 24.8 Å².